The van der Waals surface area contributed by atoms with E-state index in [1.807, 2.05) is 18.2 Å². The van der Waals surface area contributed by atoms with Crippen molar-refractivity contribution in [2.75, 3.05) is 19.8 Å². The summed E-state index contributed by atoms with van der Waals surface area (Å²) in [7, 11) is 0. The lowest BCUT2D eigenvalue weighted by Gasteiger charge is -2.22. The zero-order valence-electron chi connectivity index (χ0n) is 12.4. The Kier molecular flexibility index (Phi) is 8.25. The fourth-order valence-corrected chi connectivity index (χ4v) is 2.54. The molecular weight excluding hydrogens is 334 g/mol. The number of pyridine rings is 1. The fraction of sp³-hybridized carbons (Fsp3) is 0.688. The Labute approximate surface area is 135 Å². The average Bonchev–Trinajstić information content (AvgIpc) is 2.55. The molecule has 1 saturated heterocycles. The molecule has 4 nitrogen and oxygen atoms in total. The van der Waals surface area contributed by atoms with Gasteiger partial charge in [0.25, 0.3) is 0 Å². The van der Waals surface area contributed by atoms with E-state index in [0.29, 0.717) is 6.61 Å². The van der Waals surface area contributed by atoms with Gasteiger partial charge in [-0.25, -0.2) is 0 Å². The maximum atomic E-state index is 5.68. The molecule has 0 bridgehead atoms. The van der Waals surface area contributed by atoms with Crippen molar-refractivity contribution in [1.29, 1.82) is 0 Å². The van der Waals surface area contributed by atoms with Gasteiger partial charge in [0, 0.05) is 25.2 Å². The lowest BCUT2D eigenvalue weighted by Crippen LogP contribution is -2.22. The molecule has 0 spiro atoms. The summed E-state index contributed by atoms with van der Waals surface area (Å²) in [5, 5.41) is 0.779. The Hall–Kier alpha value is -0.490. The van der Waals surface area contributed by atoms with Crippen LogP contribution in [0.2, 0.25) is 0 Å². The molecule has 1 unspecified atom stereocenters. The lowest BCUT2D eigenvalue weighted by atomic mass is 10.2. The Morgan fingerprint density at radius 2 is 2.05 bits per heavy atom. The third-order valence-corrected chi connectivity index (χ3v) is 3.95. The highest BCUT2D eigenvalue weighted by atomic mass is 79.9. The van der Waals surface area contributed by atoms with E-state index in [9.17, 15) is 0 Å². The van der Waals surface area contributed by atoms with Crippen LogP contribution in [0.1, 0.15) is 43.5 Å². The predicted molar refractivity (Wildman–Crippen MR) is 85.3 cm³/mol. The first-order valence-corrected chi connectivity index (χ1v) is 8.82. The van der Waals surface area contributed by atoms with Crippen LogP contribution in [0.3, 0.4) is 0 Å². The molecule has 2 heterocycles. The van der Waals surface area contributed by atoms with Gasteiger partial charge in [-0.3, -0.25) is 4.98 Å². The van der Waals surface area contributed by atoms with Crippen molar-refractivity contribution >= 4 is 15.9 Å². The van der Waals surface area contributed by atoms with Gasteiger partial charge in [-0.15, -0.1) is 0 Å². The van der Waals surface area contributed by atoms with Crippen molar-refractivity contribution in [3.05, 3.63) is 29.6 Å². The summed E-state index contributed by atoms with van der Waals surface area (Å²) in [5.74, 6) is 0. The van der Waals surface area contributed by atoms with Crippen molar-refractivity contribution < 1.29 is 14.2 Å². The fourth-order valence-electron chi connectivity index (χ4n) is 2.22. The molecule has 118 valence electrons. The molecule has 5 heteroatoms. The molecule has 0 saturated carbocycles. The van der Waals surface area contributed by atoms with Crippen LogP contribution in [-0.2, 0) is 26.1 Å². The van der Waals surface area contributed by atoms with Gasteiger partial charge < -0.3 is 14.2 Å². The highest BCUT2D eigenvalue weighted by Crippen LogP contribution is 2.14. The molecule has 1 atom stereocenters. The molecule has 21 heavy (non-hydrogen) atoms. The first kappa shape index (κ1) is 16.9. The van der Waals surface area contributed by atoms with E-state index in [4.69, 9.17) is 14.2 Å². The summed E-state index contributed by atoms with van der Waals surface area (Å²) in [5.41, 5.74) is 2.02. The number of alkyl halides is 1. The molecule has 0 radical (unpaired) electrons. The normalized spacial score (nSPS) is 18.8. The van der Waals surface area contributed by atoms with Crippen molar-refractivity contribution in [1.82, 2.24) is 4.98 Å². The number of ether oxygens (including phenoxy) is 3. The van der Waals surface area contributed by atoms with Gasteiger partial charge in [-0.2, -0.15) is 0 Å². The summed E-state index contributed by atoms with van der Waals surface area (Å²) >= 11 is 3.41. The molecule has 0 aliphatic carbocycles. The van der Waals surface area contributed by atoms with Crippen LogP contribution in [0.25, 0.3) is 0 Å². The van der Waals surface area contributed by atoms with Crippen LogP contribution in [0.15, 0.2) is 18.2 Å². The predicted octanol–water partition coefficient (Wildman–Crippen LogP) is 3.82. The summed E-state index contributed by atoms with van der Waals surface area (Å²) in [6.07, 6.45) is 5.45. The Bertz CT molecular complexity index is 397. The maximum Gasteiger partial charge on any atom is 0.157 e. The molecule has 2 rings (SSSR count). The minimum atomic E-state index is 0.0239. The molecular formula is C16H24BrNO3. The Balaban J connectivity index is 1.47. The minimum absolute atomic E-state index is 0.0239. The van der Waals surface area contributed by atoms with Gasteiger partial charge in [0.2, 0.25) is 0 Å². The first-order valence-electron chi connectivity index (χ1n) is 7.70. The molecule has 1 aliphatic heterocycles. The second-order valence-electron chi connectivity index (χ2n) is 5.18. The summed E-state index contributed by atoms with van der Waals surface area (Å²) in [6.45, 7) is 2.92. The molecule has 0 N–H and O–H groups in total. The monoisotopic (exact) mass is 357 g/mol. The first-order chi connectivity index (χ1) is 10.4. The van der Waals surface area contributed by atoms with Gasteiger partial charge in [-0.1, -0.05) is 22.0 Å². The standard InChI is InChI=1S/C16H24BrNO3/c17-12-14-6-5-7-15(18-14)13-19-9-3-4-11-21-16-8-1-2-10-20-16/h5-7,16H,1-4,8-13H2. The molecule has 1 fully saturated rings. The van der Waals surface area contributed by atoms with E-state index in [0.717, 1.165) is 62.2 Å². The van der Waals surface area contributed by atoms with E-state index in [1.165, 1.54) is 6.42 Å². The van der Waals surface area contributed by atoms with Gasteiger partial charge >= 0.3 is 0 Å². The topological polar surface area (TPSA) is 40.6 Å². The van der Waals surface area contributed by atoms with Crippen molar-refractivity contribution in [2.45, 2.75) is 50.3 Å². The van der Waals surface area contributed by atoms with Gasteiger partial charge in [0.05, 0.1) is 18.0 Å². The number of aromatic nitrogens is 1. The van der Waals surface area contributed by atoms with Gasteiger partial charge in [0.1, 0.15) is 0 Å². The van der Waals surface area contributed by atoms with Crippen LogP contribution in [0.4, 0.5) is 0 Å². The van der Waals surface area contributed by atoms with Crippen molar-refractivity contribution in [2.24, 2.45) is 0 Å². The van der Waals surface area contributed by atoms with Crippen LogP contribution in [0.5, 0.6) is 0 Å². The van der Waals surface area contributed by atoms with E-state index in [2.05, 4.69) is 20.9 Å². The van der Waals surface area contributed by atoms with Crippen LogP contribution in [-0.4, -0.2) is 31.1 Å². The number of rotatable bonds is 9. The van der Waals surface area contributed by atoms with Crippen molar-refractivity contribution in [3.63, 3.8) is 0 Å². The number of hydrogen-bond acceptors (Lipinski definition) is 4. The third kappa shape index (κ3) is 6.87. The highest BCUT2D eigenvalue weighted by Gasteiger charge is 2.13. The minimum Gasteiger partial charge on any atom is -0.375 e. The highest BCUT2D eigenvalue weighted by molar-refractivity contribution is 9.08. The number of hydrogen-bond donors (Lipinski definition) is 0. The molecule has 0 aromatic carbocycles. The Morgan fingerprint density at radius 3 is 2.86 bits per heavy atom. The number of halogens is 1. The number of unbranched alkanes of at least 4 members (excludes halogenated alkanes) is 1. The van der Waals surface area contributed by atoms with E-state index < -0.39 is 0 Å². The summed E-state index contributed by atoms with van der Waals surface area (Å²) in [4.78, 5) is 4.47. The van der Waals surface area contributed by atoms with Gasteiger partial charge in [-0.05, 0) is 44.2 Å². The SMILES string of the molecule is BrCc1cccc(COCCCCOC2CCCCO2)n1. The lowest BCUT2D eigenvalue weighted by molar-refractivity contribution is -0.163. The average molecular weight is 358 g/mol. The molecule has 1 aromatic rings. The molecule has 1 aromatic heterocycles. The summed E-state index contributed by atoms with van der Waals surface area (Å²) < 4.78 is 16.8. The maximum absolute atomic E-state index is 5.68. The largest absolute Gasteiger partial charge is 0.375 e. The second-order valence-corrected chi connectivity index (χ2v) is 5.74. The summed E-state index contributed by atoms with van der Waals surface area (Å²) in [6, 6.07) is 6.01. The van der Waals surface area contributed by atoms with E-state index in [-0.39, 0.29) is 6.29 Å². The molecule has 0 amide bonds. The third-order valence-electron chi connectivity index (χ3n) is 3.38. The number of nitrogens with zero attached hydrogens (tertiary/aromatic N) is 1. The molecule has 1 aliphatic rings. The zero-order chi connectivity index (χ0) is 14.8. The van der Waals surface area contributed by atoms with Crippen LogP contribution < -0.4 is 0 Å². The van der Waals surface area contributed by atoms with E-state index in [1.54, 1.807) is 0 Å². The van der Waals surface area contributed by atoms with Crippen LogP contribution in [0, 0.1) is 0 Å². The smallest absolute Gasteiger partial charge is 0.157 e. The van der Waals surface area contributed by atoms with Crippen LogP contribution >= 0.6 is 15.9 Å². The zero-order valence-corrected chi connectivity index (χ0v) is 14.0. The quantitative estimate of drug-likeness (QED) is 0.497. The second kappa shape index (κ2) is 10.3. The van der Waals surface area contributed by atoms with Crippen molar-refractivity contribution in [3.8, 4) is 0 Å². The van der Waals surface area contributed by atoms with Gasteiger partial charge in [0.15, 0.2) is 6.29 Å². The van der Waals surface area contributed by atoms with E-state index >= 15 is 0 Å². The Morgan fingerprint density at radius 1 is 1.19 bits per heavy atom.